The van der Waals surface area contributed by atoms with Gasteiger partial charge in [0, 0.05) is 71.3 Å². The van der Waals surface area contributed by atoms with E-state index in [2.05, 4.69) is 25.9 Å². The highest BCUT2D eigenvalue weighted by Crippen LogP contribution is 2.49. The van der Waals surface area contributed by atoms with E-state index in [-0.39, 0.29) is 63.8 Å². The van der Waals surface area contributed by atoms with Gasteiger partial charge in [-0.2, -0.15) is 0 Å². The maximum atomic E-state index is 14.4. The summed E-state index contributed by atoms with van der Waals surface area (Å²) in [6.07, 6.45) is 0.0546. The van der Waals surface area contributed by atoms with Gasteiger partial charge in [-0.3, -0.25) is 34.4 Å². The Balaban J connectivity index is 1.01. The molecule has 7 N–H and O–H groups in total. The summed E-state index contributed by atoms with van der Waals surface area (Å²) in [5.74, 6) is -3.43. The molecule has 1 aromatic heterocycles. The minimum Gasteiger partial charge on any atom is -0.495 e. The van der Waals surface area contributed by atoms with Crippen molar-refractivity contribution >= 4 is 71.7 Å². The number of ether oxygens (including phenoxy) is 7. The number of hydrogen-bond donors (Lipinski definition) is 7. The predicted octanol–water partition coefficient (Wildman–Crippen LogP) is 3.26. The van der Waals surface area contributed by atoms with Crippen molar-refractivity contribution < 1.29 is 85.9 Å². The average molecular weight is 1220 g/mol. The first kappa shape index (κ1) is 67.1. The molecular weight excluding hydrogens is 1140 g/mol. The number of esters is 1. The van der Waals surface area contributed by atoms with Gasteiger partial charge in [-0.05, 0) is 69.5 Å². The lowest BCUT2D eigenvalue weighted by Crippen LogP contribution is -2.63. The van der Waals surface area contributed by atoms with Crippen LogP contribution in [0.2, 0.25) is 5.02 Å². The summed E-state index contributed by atoms with van der Waals surface area (Å²) in [5.41, 5.74) is 3.65. The van der Waals surface area contributed by atoms with Gasteiger partial charge < -0.3 is 73.1 Å². The van der Waals surface area contributed by atoms with Crippen LogP contribution in [0, 0.1) is 5.92 Å². The number of anilines is 1. The lowest BCUT2D eigenvalue weighted by atomic mass is 9.83. The van der Waals surface area contributed by atoms with Gasteiger partial charge in [0.15, 0.2) is 5.72 Å². The number of hydrogen-bond acceptors (Lipinski definition) is 18. The molecule has 0 aliphatic carbocycles. The highest BCUT2D eigenvalue weighted by atomic mass is 35.5. The second kappa shape index (κ2) is 29.9. The van der Waals surface area contributed by atoms with Gasteiger partial charge in [0.2, 0.25) is 23.6 Å². The van der Waals surface area contributed by atoms with Crippen LogP contribution in [0.4, 0.5) is 10.5 Å². The van der Waals surface area contributed by atoms with Gasteiger partial charge in [0.25, 0.3) is 0 Å². The second-order valence-electron chi connectivity index (χ2n) is 21.3. The molecule has 5 amide bonds. The molecule has 3 aliphatic heterocycles. The third kappa shape index (κ3) is 17.8. The molecule has 0 saturated carbocycles. The third-order valence-electron chi connectivity index (χ3n) is 15.2. The molecule has 26 nitrogen and oxygen atoms in total. The van der Waals surface area contributed by atoms with Crippen LogP contribution >= 0.6 is 19.4 Å². The van der Waals surface area contributed by atoms with Crippen molar-refractivity contribution in [3.63, 3.8) is 0 Å². The van der Waals surface area contributed by atoms with Crippen molar-refractivity contribution in [2.75, 3.05) is 86.9 Å². The number of para-hydroxylation sites is 1. The molecule has 4 bridgehead atoms. The number of methoxy groups -OCH3 is 2. The van der Waals surface area contributed by atoms with Gasteiger partial charge in [0.05, 0.1) is 71.3 Å². The first-order chi connectivity index (χ1) is 39.7. The molecule has 2 fully saturated rings. The molecule has 464 valence electrons. The number of carbonyl (C=O) groups is 6. The minimum absolute atomic E-state index is 0.0116. The fourth-order valence-corrected chi connectivity index (χ4v) is 10.7. The first-order valence-electron chi connectivity index (χ1n) is 27.5. The van der Waals surface area contributed by atoms with Crippen LogP contribution in [0.3, 0.4) is 0 Å². The lowest BCUT2D eigenvalue weighted by molar-refractivity contribution is -0.162. The number of likely N-dealkylation sites (N-methyl/N-ethyl adjacent to an activating group) is 1. The molecule has 9 atom stereocenters. The Morgan fingerprint density at radius 1 is 1.04 bits per heavy atom. The van der Waals surface area contributed by atoms with Gasteiger partial charge in [-0.1, -0.05) is 60.5 Å². The van der Waals surface area contributed by atoms with Crippen LogP contribution < -0.4 is 31.0 Å². The smallest absolute Gasteiger partial charge is 0.469 e. The zero-order chi connectivity index (χ0) is 61.7. The zero-order valence-corrected chi connectivity index (χ0v) is 50.7. The summed E-state index contributed by atoms with van der Waals surface area (Å²) < 4.78 is 58.7. The van der Waals surface area contributed by atoms with E-state index in [1.54, 1.807) is 45.2 Å². The molecule has 3 aliphatic rings. The number of nitrogens with one attached hydrogen (secondary N) is 4. The molecule has 2 aromatic carbocycles. The SMILES string of the molecule is CNN(C)Cc1cc2ccccc2n1CCC(=O)N[C@@H](COP(=O)(O)O)C(=O)NCCOCCOCCC(=O)N(C)[C@@H](C)C(=O)O[C@H]1CC(=O)N(C)c2cc(cc(OC)c2Cl)C/C(C)=C/C=C/[C@@H](OC)[C@@]2(O)C[C@H](OC(=O)N2)[C@@H](C)C2O[C@]21C. The van der Waals surface area contributed by atoms with Crippen molar-refractivity contribution in [3.05, 3.63) is 82.5 Å². The Hall–Kier alpha value is -6.00. The van der Waals surface area contributed by atoms with E-state index in [1.807, 2.05) is 60.0 Å². The number of fused-ring (bicyclic) bond motifs is 6. The maximum absolute atomic E-state index is 14.4. The number of phosphoric acid groups is 1. The highest BCUT2D eigenvalue weighted by Gasteiger charge is 2.64. The van der Waals surface area contributed by atoms with Gasteiger partial charge in [0.1, 0.15) is 46.8 Å². The Bertz CT molecular complexity index is 2940. The van der Waals surface area contributed by atoms with Crippen molar-refractivity contribution in [1.82, 2.24) is 35.9 Å². The third-order valence-corrected chi connectivity index (χ3v) is 16.1. The Kier molecular flexibility index (Phi) is 23.9. The van der Waals surface area contributed by atoms with Crippen LogP contribution in [-0.4, -0.2) is 195 Å². The Morgan fingerprint density at radius 3 is 2.44 bits per heavy atom. The molecule has 3 aromatic rings. The predicted molar refractivity (Wildman–Crippen MR) is 307 cm³/mol. The maximum Gasteiger partial charge on any atom is 0.469 e. The van der Waals surface area contributed by atoms with Gasteiger partial charge in [-0.25, -0.2) is 19.2 Å². The average Bonchev–Trinajstić information content (AvgIpc) is 1.71. The fourth-order valence-electron chi connectivity index (χ4n) is 10.1. The number of phosphoric ester groups is 1. The number of epoxide rings is 1. The Labute approximate surface area is 493 Å². The normalized spacial score (nSPS) is 24.6. The number of aromatic nitrogens is 1. The van der Waals surface area contributed by atoms with Gasteiger partial charge >= 0.3 is 19.9 Å². The van der Waals surface area contributed by atoms with Crippen LogP contribution in [-0.2, 0) is 81.0 Å². The molecular formula is C56H80ClN8O18P. The molecule has 2 saturated heterocycles. The quantitative estimate of drug-likeness (QED) is 0.0210. The van der Waals surface area contributed by atoms with E-state index in [0.29, 0.717) is 24.4 Å². The number of rotatable bonds is 25. The van der Waals surface area contributed by atoms with E-state index in [1.165, 1.54) is 45.0 Å². The van der Waals surface area contributed by atoms with E-state index in [0.717, 1.165) is 27.7 Å². The van der Waals surface area contributed by atoms with E-state index in [4.69, 9.17) is 44.8 Å². The number of halogens is 1. The van der Waals surface area contributed by atoms with Gasteiger partial charge in [-0.15, -0.1) is 0 Å². The largest absolute Gasteiger partial charge is 0.495 e. The highest BCUT2D eigenvalue weighted by molar-refractivity contribution is 7.46. The minimum atomic E-state index is -5.00. The molecule has 6 rings (SSSR count). The summed E-state index contributed by atoms with van der Waals surface area (Å²) in [6.45, 7) is 6.75. The number of carbonyl (C=O) groups excluding carboxylic acids is 6. The Morgan fingerprint density at radius 2 is 1.75 bits per heavy atom. The summed E-state index contributed by atoms with van der Waals surface area (Å²) in [5, 5.41) is 22.5. The van der Waals surface area contributed by atoms with Crippen LogP contribution in [0.25, 0.3) is 10.9 Å². The summed E-state index contributed by atoms with van der Waals surface area (Å²) in [4.78, 5) is 102. The molecule has 1 unspecified atom stereocenters. The number of allylic oxidation sites excluding steroid dienone is 3. The number of alkyl carbamates (subject to hydrolysis) is 1. The van der Waals surface area contributed by atoms with E-state index < -0.39 is 110 Å². The number of nitrogens with zero attached hydrogens (tertiary/aromatic N) is 4. The van der Waals surface area contributed by atoms with Crippen LogP contribution in [0.1, 0.15) is 64.6 Å². The number of benzene rings is 2. The second-order valence-corrected chi connectivity index (χ2v) is 22.9. The number of amides is 5. The topological polar surface area (TPSA) is 320 Å². The molecule has 84 heavy (non-hydrogen) atoms. The number of hydrazine groups is 1. The zero-order valence-electron chi connectivity index (χ0n) is 49.1. The lowest BCUT2D eigenvalue weighted by Gasteiger charge is -2.42. The van der Waals surface area contributed by atoms with Crippen LogP contribution in [0.15, 0.2) is 66.3 Å². The van der Waals surface area contributed by atoms with Crippen LogP contribution in [0.5, 0.6) is 5.75 Å². The summed E-state index contributed by atoms with van der Waals surface area (Å²) >= 11 is 6.82. The van der Waals surface area contributed by atoms with Crippen molar-refractivity contribution in [2.24, 2.45) is 5.92 Å². The van der Waals surface area contributed by atoms with Crippen molar-refractivity contribution in [3.8, 4) is 5.75 Å². The van der Waals surface area contributed by atoms with Crippen molar-refractivity contribution in [2.45, 2.75) is 121 Å². The summed E-state index contributed by atoms with van der Waals surface area (Å²) in [7, 11) is 4.49. The fraction of sp³-hybridized carbons (Fsp3) is 0.571. The number of aliphatic hydroxyl groups is 1. The molecule has 28 heteroatoms. The molecule has 0 radical (unpaired) electrons. The molecule has 0 spiro atoms. The van der Waals surface area contributed by atoms with E-state index >= 15 is 0 Å². The first-order valence-corrected chi connectivity index (χ1v) is 29.4. The summed E-state index contributed by atoms with van der Waals surface area (Å²) in [6, 6.07) is 10.6. The standard InChI is InChI=1S/C56H80ClN8O18P/c1-34-14-13-17-45(77-10)56(72)31-44(81-54(71)61-56)35(2)51-55(4,83-51)46(30-49(68)64(8)42-27-37(26-34)28-43(76-9)50(42)57)82-53(70)36(3)63(7)48(67)19-22-78-24-25-79-23-20-59-52(69)40(33-80-84(73,74)75)60-47(66)18-21-65-39(32-62(6)58-5)29-38-15-11-12-16-41(38)65/h11-17,27-29,35-36,40,44-46,51,58,72H,18-26,30-33H2,1-10H3,(H,59,69)(H,60,66)(H,61,71)(H2,73,74,75)/b17-13+,34-14+/t35-,36+,40+,44+,45-,46+,51?,55+,56+/m1/s1. The molecule has 4 heterocycles. The monoisotopic (exact) mass is 1220 g/mol. The van der Waals surface area contributed by atoms with Crippen molar-refractivity contribution in [1.29, 1.82) is 0 Å². The van der Waals surface area contributed by atoms with E-state index in [9.17, 15) is 48.2 Å². The number of aryl methyl sites for hydroxylation is 1.